The fourth-order valence-electron chi connectivity index (χ4n) is 2.68. The molecule has 1 aliphatic heterocycles. The van der Waals surface area contributed by atoms with Crippen LogP contribution in [0, 0.1) is 0 Å². The lowest BCUT2D eigenvalue weighted by Crippen LogP contribution is -2.41. The van der Waals surface area contributed by atoms with E-state index in [2.05, 4.69) is 20.8 Å². The second-order valence-electron chi connectivity index (χ2n) is 6.30. The van der Waals surface area contributed by atoms with E-state index in [0.29, 0.717) is 25.4 Å². The largest absolute Gasteiger partial charge is 0.486 e. The molecule has 3 aromatic rings. The molecule has 2 heterocycles. The van der Waals surface area contributed by atoms with Crippen LogP contribution >= 0.6 is 23.1 Å². The molecule has 0 unspecified atom stereocenters. The van der Waals surface area contributed by atoms with E-state index in [4.69, 9.17) is 9.47 Å². The van der Waals surface area contributed by atoms with Gasteiger partial charge in [0.05, 0.1) is 12.3 Å². The molecular weight excluding hydrogens is 408 g/mol. The fraction of sp³-hybridized carbons (Fsp3) is 0.250. The zero-order chi connectivity index (χ0) is 19.9. The summed E-state index contributed by atoms with van der Waals surface area (Å²) in [4.78, 5) is 12.1. The van der Waals surface area contributed by atoms with Crippen molar-refractivity contribution in [2.45, 2.75) is 17.0 Å². The first-order valence-corrected chi connectivity index (χ1v) is 11.0. The minimum atomic E-state index is -0.200. The van der Waals surface area contributed by atoms with Gasteiger partial charge >= 0.3 is 0 Å². The number of aromatic nitrogens is 2. The molecule has 0 spiro atoms. The van der Waals surface area contributed by atoms with Gasteiger partial charge < -0.3 is 20.1 Å². The van der Waals surface area contributed by atoms with Crippen LogP contribution in [-0.2, 0) is 11.3 Å². The lowest BCUT2D eigenvalue weighted by atomic mass is 10.2. The van der Waals surface area contributed by atoms with Crippen LogP contribution < -0.4 is 20.1 Å². The van der Waals surface area contributed by atoms with Crippen LogP contribution in [0.4, 0.5) is 5.13 Å². The van der Waals surface area contributed by atoms with E-state index in [9.17, 15) is 4.79 Å². The van der Waals surface area contributed by atoms with Crippen LogP contribution in [0.25, 0.3) is 0 Å². The predicted octanol–water partition coefficient (Wildman–Crippen LogP) is 3.20. The highest BCUT2D eigenvalue weighted by molar-refractivity contribution is 8.01. The number of thioether (sulfide) groups is 1. The summed E-state index contributed by atoms with van der Waals surface area (Å²) < 4.78 is 12.2. The van der Waals surface area contributed by atoms with Gasteiger partial charge in [-0.3, -0.25) is 4.79 Å². The number of fused-ring (bicyclic) bond motifs is 1. The molecule has 0 aliphatic carbocycles. The van der Waals surface area contributed by atoms with Gasteiger partial charge in [0.25, 0.3) is 0 Å². The monoisotopic (exact) mass is 428 g/mol. The lowest BCUT2D eigenvalue weighted by molar-refractivity contribution is -0.119. The van der Waals surface area contributed by atoms with Crippen LogP contribution in [0.5, 0.6) is 11.5 Å². The standard InChI is InChI=1S/C20H20N4O3S2/c25-18(21-11-15-12-26-16-8-4-5-9-17(16)27-15)13-28-20-24-23-19(29-20)22-10-14-6-2-1-3-7-14/h1-9,15H,10-13H2,(H,21,25)(H,22,23)/t15-/m0/s1. The Kier molecular flexibility index (Phi) is 6.48. The third kappa shape index (κ3) is 5.61. The zero-order valence-corrected chi connectivity index (χ0v) is 17.2. The molecule has 0 saturated heterocycles. The number of nitrogens with zero attached hydrogens (tertiary/aromatic N) is 2. The Morgan fingerprint density at radius 1 is 1.10 bits per heavy atom. The Hall–Kier alpha value is -2.78. The first-order valence-electron chi connectivity index (χ1n) is 9.15. The molecule has 9 heteroatoms. The van der Waals surface area contributed by atoms with E-state index in [1.54, 1.807) is 0 Å². The molecule has 2 N–H and O–H groups in total. The topological polar surface area (TPSA) is 85.4 Å². The van der Waals surface area contributed by atoms with Gasteiger partial charge in [-0.2, -0.15) is 0 Å². The Balaban J connectivity index is 1.17. The van der Waals surface area contributed by atoms with E-state index in [1.807, 2.05) is 54.6 Å². The van der Waals surface area contributed by atoms with Crippen LogP contribution in [0.15, 0.2) is 58.9 Å². The quantitative estimate of drug-likeness (QED) is 0.533. The summed E-state index contributed by atoms with van der Waals surface area (Å²) in [7, 11) is 0. The molecule has 1 aromatic heterocycles. The predicted molar refractivity (Wildman–Crippen MR) is 114 cm³/mol. The van der Waals surface area contributed by atoms with Crippen molar-refractivity contribution in [3.05, 3.63) is 60.2 Å². The van der Waals surface area contributed by atoms with Crippen LogP contribution in [0.3, 0.4) is 0 Å². The summed E-state index contributed by atoms with van der Waals surface area (Å²) in [6, 6.07) is 17.6. The highest BCUT2D eigenvalue weighted by atomic mass is 32.2. The average molecular weight is 429 g/mol. The van der Waals surface area contributed by atoms with Gasteiger partial charge in [-0.15, -0.1) is 10.2 Å². The normalized spacial score (nSPS) is 15.0. The number of rotatable bonds is 8. The van der Waals surface area contributed by atoms with Crippen molar-refractivity contribution in [1.29, 1.82) is 0 Å². The van der Waals surface area contributed by atoms with E-state index in [0.717, 1.165) is 15.2 Å². The minimum absolute atomic E-state index is 0.0774. The molecule has 1 amide bonds. The summed E-state index contributed by atoms with van der Waals surface area (Å²) in [6.45, 7) is 1.50. The highest BCUT2D eigenvalue weighted by Gasteiger charge is 2.21. The third-order valence-electron chi connectivity index (χ3n) is 4.11. The van der Waals surface area contributed by atoms with Crippen molar-refractivity contribution < 1.29 is 14.3 Å². The molecule has 0 fully saturated rings. The first kappa shape index (κ1) is 19.5. The SMILES string of the molecule is O=C(CSc1nnc(NCc2ccccc2)s1)NC[C@H]1COc2ccccc2O1. The van der Waals surface area contributed by atoms with Crippen molar-refractivity contribution in [1.82, 2.24) is 15.5 Å². The van der Waals surface area contributed by atoms with Gasteiger partial charge in [-0.1, -0.05) is 65.6 Å². The van der Waals surface area contributed by atoms with Crippen molar-refractivity contribution in [3.63, 3.8) is 0 Å². The summed E-state index contributed by atoms with van der Waals surface area (Å²) in [5, 5.41) is 15.1. The van der Waals surface area contributed by atoms with Gasteiger partial charge in [0, 0.05) is 6.54 Å². The zero-order valence-electron chi connectivity index (χ0n) is 15.5. The minimum Gasteiger partial charge on any atom is -0.486 e. The smallest absolute Gasteiger partial charge is 0.230 e. The van der Waals surface area contributed by atoms with Crippen molar-refractivity contribution in [2.75, 3.05) is 24.2 Å². The molecule has 2 aromatic carbocycles. The maximum Gasteiger partial charge on any atom is 0.230 e. The number of benzene rings is 2. The van der Waals surface area contributed by atoms with E-state index >= 15 is 0 Å². The van der Waals surface area contributed by atoms with Crippen LogP contribution in [-0.4, -0.2) is 41.1 Å². The van der Waals surface area contributed by atoms with Gasteiger partial charge in [0.15, 0.2) is 15.8 Å². The molecule has 0 saturated carbocycles. The van der Waals surface area contributed by atoms with Gasteiger partial charge in [0.2, 0.25) is 11.0 Å². The Labute approximate surface area is 176 Å². The average Bonchev–Trinajstić information content (AvgIpc) is 3.23. The van der Waals surface area contributed by atoms with E-state index < -0.39 is 0 Å². The molecule has 0 bridgehead atoms. The number of hydrogen-bond donors (Lipinski definition) is 2. The second-order valence-corrected chi connectivity index (χ2v) is 8.50. The number of nitrogens with one attached hydrogen (secondary N) is 2. The number of anilines is 1. The molecule has 1 aliphatic rings. The summed E-state index contributed by atoms with van der Waals surface area (Å²) in [5.41, 5.74) is 1.17. The summed E-state index contributed by atoms with van der Waals surface area (Å²) in [6.07, 6.45) is -0.200. The molecule has 7 nitrogen and oxygen atoms in total. The Morgan fingerprint density at radius 3 is 2.76 bits per heavy atom. The van der Waals surface area contributed by atoms with Gasteiger partial charge in [-0.25, -0.2) is 0 Å². The van der Waals surface area contributed by atoms with Crippen molar-refractivity contribution in [2.24, 2.45) is 0 Å². The number of carbonyl (C=O) groups excluding carboxylic acids is 1. The maximum absolute atomic E-state index is 12.1. The van der Waals surface area contributed by atoms with Gasteiger partial charge in [-0.05, 0) is 17.7 Å². The molecule has 1 atom stereocenters. The number of hydrogen-bond acceptors (Lipinski definition) is 8. The molecule has 4 rings (SSSR count). The second kappa shape index (κ2) is 9.62. The number of ether oxygens (including phenoxy) is 2. The molecule has 0 radical (unpaired) electrons. The Morgan fingerprint density at radius 2 is 1.90 bits per heavy atom. The number of carbonyl (C=O) groups is 1. The van der Waals surface area contributed by atoms with Crippen molar-refractivity contribution >= 4 is 34.1 Å². The number of para-hydroxylation sites is 2. The Bertz CT molecular complexity index is 952. The lowest BCUT2D eigenvalue weighted by Gasteiger charge is -2.26. The van der Waals surface area contributed by atoms with Crippen molar-refractivity contribution in [3.8, 4) is 11.5 Å². The number of amides is 1. The summed E-state index contributed by atoms with van der Waals surface area (Å²) in [5.74, 6) is 1.64. The molecular formula is C20H20N4O3S2. The fourth-order valence-corrected chi connectivity index (χ4v) is 4.26. The van der Waals surface area contributed by atoms with Crippen LogP contribution in [0.2, 0.25) is 0 Å². The van der Waals surface area contributed by atoms with E-state index in [-0.39, 0.29) is 17.8 Å². The van der Waals surface area contributed by atoms with E-state index in [1.165, 1.54) is 28.7 Å². The summed E-state index contributed by atoms with van der Waals surface area (Å²) >= 11 is 2.80. The molecule has 29 heavy (non-hydrogen) atoms. The van der Waals surface area contributed by atoms with Gasteiger partial charge in [0.1, 0.15) is 12.7 Å². The maximum atomic E-state index is 12.1. The first-order chi connectivity index (χ1) is 14.3. The van der Waals surface area contributed by atoms with Crippen LogP contribution in [0.1, 0.15) is 5.56 Å². The highest BCUT2D eigenvalue weighted by Crippen LogP contribution is 2.30. The molecule has 150 valence electrons. The third-order valence-corrected chi connectivity index (χ3v) is 6.13.